The van der Waals surface area contributed by atoms with Gasteiger partial charge < -0.3 is 19.7 Å². The molecule has 176 valence electrons. The lowest BCUT2D eigenvalue weighted by Crippen LogP contribution is -2.45. The molecule has 4 rings (SSSR count). The van der Waals surface area contributed by atoms with Crippen molar-refractivity contribution in [1.29, 1.82) is 0 Å². The molecule has 6 nitrogen and oxygen atoms in total. The van der Waals surface area contributed by atoms with Crippen molar-refractivity contribution in [2.75, 3.05) is 6.54 Å². The van der Waals surface area contributed by atoms with E-state index in [1.165, 1.54) is 0 Å². The Morgan fingerprint density at radius 3 is 2.52 bits per heavy atom. The number of aryl methyl sites for hydroxylation is 1. The van der Waals surface area contributed by atoms with E-state index >= 15 is 0 Å². The van der Waals surface area contributed by atoms with Crippen LogP contribution in [0.3, 0.4) is 0 Å². The number of carbonyl (C=O) groups is 1. The van der Waals surface area contributed by atoms with Crippen molar-refractivity contribution in [2.45, 2.75) is 65.2 Å². The Balaban J connectivity index is 0.000000968. The Labute approximate surface area is 196 Å². The minimum Gasteiger partial charge on any atom is -0.446 e. The second kappa shape index (κ2) is 10.2. The fraction of sp³-hybridized carbons (Fsp3) is 0.407. The van der Waals surface area contributed by atoms with Gasteiger partial charge in [0, 0.05) is 19.4 Å². The highest BCUT2D eigenvalue weighted by Gasteiger charge is 2.33. The molecule has 1 aliphatic heterocycles. The Hall–Kier alpha value is -3.12. The molecule has 33 heavy (non-hydrogen) atoms. The Kier molecular flexibility index (Phi) is 7.59. The molecule has 2 heterocycles. The predicted octanol–water partition coefficient (Wildman–Crippen LogP) is 6.16. The van der Waals surface area contributed by atoms with Crippen LogP contribution in [-0.4, -0.2) is 44.3 Å². The zero-order valence-electron chi connectivity index (χ0n) is 20.3. The van der Waals surface area contributed by atoms with E-state index in [-0.39, 0.29) is 18.2 Å². The number of allylic oxidation sites excluding steroid dienone is 1. The molecule has 0 saturated carbocycles. The van der Waals surface area contributed by atoms with E-state index in [9.17, 15) is 9.90 Å². The zero-order chi connectivity index (χ0) is 24.2. The first-order valence-electron chi connectivity index (χ1n) is 11.4. The van der Waals surface area contributed by atoms with Crippen LogP contribution in [0.2, 0.25) is 0 Å². The number of imidazole rings is 1. The summed E-state index contributed by atoms with van der Waals surface area (Å²) in [5.41, 5.74) is 4.46. The smallest absolute Gasteiger partial charge is 0.410 e. The van der Waals surface area contributed by atoms with E-state index in [1.54, 1.807) is 24.8 Å². The van der Waals surface area contributed by atoms with Crippen LogP contribution in [-0.2, 0) is 4.74 Å². The summed E-state index contributed by atoms with van der Waals surface area (Å²) in [6.45, 7) is 13.3. The van der Waals surface area contributed by atoms with Gasteiger partial charge in [-0.25, -0.2) is 9.78 Å². The van der Waals surface area contributed by atoms with Crippen molar-refractivity contribution in [3.63, 3.8) is 0 Å². The van der Waals surface area contributed by atoms with E-state index in [1.807, 2.05) is 26.8 Å². The number of hydrogen-bond donors (Lipinski definition) is 2. The molecule has 2 unspecified atom stereocenters. The number of nitrogens with one attached hydrogen (secondary N) is 1. The van der Waals surface area contributed by atoms with Crippen molar-refractivity contribution in [2.24, 2.45) is 0 Å². The Bertz CT molecular complexity index is 1100. The summed E-state index contributed by atoms with van der Waals surface area (Å²) in [5, 5.41) is 9.98. The number of cyclic esters (lactones) is 1. The minimum absolute atomic E-state index is 0.0765. The largest absolute Gasteiger partial charge is 0.446 e. The highest BCUT2D eigenvalue weighted by atomic mass is 16.6. The average Bonchev–Trinajstić information content (AvgIpc) is 3.12. The third kappa shape index (κ3) is 6.23. The molecule has 2 aromatic carbocycles. The highest BCUT2D eigenvalue weighted by molar-refractivity contribution is 5.82. The van der Waals surface area contributed by atoms with Gasteiger partial charge in [-0.15, -0.1) is 6.58 Å². The molecule has 3 aromatic rings. The molecule has 0 aliphatic carbocycles. The number of benzene rings is 2. The van der Waals surface area contributed by atoms with E-state index in [4.69, 9.17) is 4.74 Å². The van der Waals surface area contributed by atoms with E-state index in [0.717, 1.165) is 40.0 Å². The Morgan fingerprint density at radius 2 is 1.91 bits per heavy atom. The van der Waals surface area contributed by atoms with Crippen molar-refractivity contribution < 1.29 is 14.6 Å². The number of carbonyl (C=O) groups excluding carboxylic acids is 1. The number of fused-ring (bicyclic) bond motifs is 1. The fourth-order valence-electron chi connectivity index (χ4n) is 4.15. The average molecular weight is 450 g/mol. The van der Waals surface area contributed by atoms with Gasteiger partial charge in [0.25, 0.3) is 0 Å². The molecule has 2 N–H and O–H groups in total. The number of nitrogens with zero attached hydrogens (tertiary/aromatic N) is 2. The number of amides is 1. The summed E-state index contributed by atoms with van der Waals surface area (Å²) < 4.78 is 5.57. The zero-order valence-corrected chi connectivity index (χ0v) is 20.3. The molecule has 1 fully saturated rings. The maximum absolute atomic E-state index is 12.5. The summed E-state index contributed by atoms with van der Waals surface area (Å²) in [7, 11) is 0. The van der Waals surface area contributed by atoms with Crippen LogP contribution in [0, 0.1) is 6.92 Å². The van der Waals surface area contributed by atoms with Gasteiger partial charge in [0.2, 0.25) is 0 Å². The number of aliphatic hydroxyl groups is 1. The van der Waals surface area contributed by atoms with Crippen LogP contribution < -0.4 is 0 Å². The van der Waals surface area contributed by atoms with Crippen LogP contribution in [0.4, 0.5) is 4.79 Å². The number of H-pyrrole nitrogens is 1. The standard InChI is InChI=1S/C24H29N3O3.C3H6/c1-15(27-12-11-20(30-23(27)28)14-24(3,4)29)17-5-7-18(8-6-17)19-9-10-21-22(13-19)26-16(2)25-21;1-3-2/h5-10,13,15,20,29H,11-12,14H2,1-4H3,(H,25,26);3H,1H2,2H3. The quantitative estimate of drug-likeness (QED) is 0.457. The molecule has 1 aromatic heterocycles. The normalized spacial score (nSPS) is 17.2. The van der Waals surface area contributed by atoms with E-state index < -0.39 is 5.60 Å². The van der Waals surface area contributed by atoms with E-state index in [2.05, 4.69) is 52.9 Å². The van der Waals surface area contributed by atoms with Crippen molar-refractivity contribution in [3.05, 3.63) is 66.5 Å². The monoisotopic (exact) mass is 449 g/mol. The number of aromatic nitrogens is 2. The molecule has 1 amide bonds. The van der Waals surface area contributed by atoms with Crippen molar-refractivity contribution >= 4 is 17.1 Å². The lowest BCUT2D eigenvalue weighted by atomic mass is 9.97. The van der Waals surface area contributed by atoms with Gasteiger partial charge in [-0.1, -0.05) is 36.4 Å². The fourth-order valence-corrected chi connectivity index (χ4v) is 4.15. The number of aromatic amines is 1. The SMILES string of the molecule is C=CC.Cc1nc2ccc(-c3ccc(C(C)N4CCC(CC(C)(C)O)OC4=O)cc3)cc2[nH]1. The third-order valence-electron chi connectivity index (χ3n) is 5.72. The lowest BCUT2D eigenvalue weighted by molar-refractivity contribution is -0.0309. The van der Waals surface area contributed by atoms with Gasteiger partial charge in [-0.3, -0.25) is 0 Å². The lowest BCUT2D eigenvalue weighted by Gasteiger charge is -2.37. The van der Waals surface area contributed by atoms with Gasteiger partial charge >= 0.3 is 6.09 Å². The summed E-state index contributed by atoms with van der Waals surface area (Å²) in [6.07, 6.45) is 2.38. The molecule has 2 atom stereocenters. The topological polar surface area (TPSA) is 78.5 Å². The van der Waals surface area contributed by atoms with Crippen LogP contribution in [0.5, 0.6) is 0 Å². The molecular formula is C27H35N3O3. The van der Waals surface area contributed by atoms with Crippen LogP contribution in [0.25, 0.3) is 22.2 Å². The second-order valence-electron chi connectivity index (χ2n) is 9.26. The molecule has 0 bridgehead atoms. The number of ether oxygens (including phenoxy) is 1. The first-order chi connectivity index (χ1) is 15.6. The maximum atomic E-state index is 12.5. The summed E-state index contributed by atoms with van der Waals surface area (Å²) in [5.74, 6) is 0.907. The highest BCUT2D eigenvalue weighted by Crippen LogP contribution is 2.30. The first kappa shape index (κ1) is 24.5. The summed E-state index contributed by atoms with van der Waals surface area (Å²) >= 11 is 0. The number of hydrogen-bond acceptors (Lipinski definition) is 4. The third-order valence-corrected chi connectivity index (χ3v) is 5.72. The maximum Gasteiger partial charge on any atom is 0.410 e. The minimum atomic E-state index is -0.841. The van der Waals surface area contributed by atoms with Crippen LogP contribution >= 0.6 is 0 Å². The molecular weight excluding hydrogens is 414 g/mol. The van der Waals surface area contributed by atoms with Gasteiger partial charge in [0.15, 0.2) is 0 Å². The van der Waals surface area contributed by atoms with Crippen molar-refractivity contribution in [3.8, 4) is 11.1 Å². The first-order valence-corrected chi connectivity index (χ1v) is 11.4. The molecule has 0 radical (unpaired) electrons. The summed E-state index contributed by atoms with van der Waals surface area (Å²) in [4.78, 5) is 22.0. The van der Waals surface area contributed by atoms with Gasteiger partial charge in [0.1, 0.15) is 11.9 Å². The molecule has 1 saturated heterocycles. The summed E-state index contributed by atoms with van der Waals surface area (Å²) in [6, 6.07) is 14.4. The molecule has 0 spiro atoms. The van der Waals surface area contributed by atoms with E-state index in [0.29, 0.717) is 13.0 Å². The Morgan fingerprint density at radius 1 is 1.27 bits per heavy atom. The van der Waals surface area contributed by atoms with Crippen LogP contribution in [0.1, 0.15) is 58.0 Å². The molecule has 6 heteroatoms. The predicted molar refractivity (Wildman–Crippen MR) is 133 cm³/mol. The van der Waals surface area contributed by atoms with Crippen LogP contribution in [0.15, 0.2) is 55.1 Å². The van der Waals surface area contributed by atoms with Crippen molar-refractivity contribution in [1.82, 2.24) is 14.9 Å². The number of rotatable bonds is 5. The second-order valence-corrected chi connectivity index (χ2v) is 9.26. The van der Waals surface area contributed by atoms with Gasteiger partial charge in [-0.2, -0.15) is 0 Å². The van der Waals surface area contributed by atoms with Gasteiger partial charge in [-0.05, 0) is 63.4 Å². The van der Waals surface area contributed by atoms with Gasteiger partial charge in [0.05, 0.1) is 22.7 Å². The molecule has 1 aliphatic rings.